The molecule has 6 nitrogen and oxygen atoms in total. The Morgan fingerprint density at radius 2 is 1.76 bits per heavy atom. The number of quaternary nitrogens is 1. The van der Waals surface area contributed by atoms with Gasteiger partial charge < -0.3 is 10.1 Å². The van der Waals surface area contributed by atoms with Crippen LogP contribution in [0.4, 0.5) is 10.1 Å². The molecule has 2 aromatic carbocycles. The van der Waals surface area contributed by atoms with E-state index in [0.717, 1.165) is 4.90 Å². The van der Waals surface area contributed by atoms with Crippen molar-refractivity contribution in [1.82, 2.24) is 0 Å². The predicted octanol–water partition coefficient (Wildman–Crippen LogP) is 1.57. The molecule has 2 N–H and O–H groups in total. The van der Waals surface area contributed by atoms with Gasteiger partial charge in [0.15, 0.2) is 0 Å². The van der Waals surface area contributed by atoms with Crippen LogP contribution in [0.2, 0.25) is 0 Å². The molecule has 0 bridgehead atoms. The van der Waals surface area contributed by atoms with Crippen LogP contribution < -0.4 is 10.2 Å². The zero-order valence-electron chi connectivity index (χ0n) is 16.2. The number of halogens is 1. The smallest absolute Gasteiger partial charge is 0.368 e. The van der Waals surface area contributed by atoms with Crippen LogP contribution in [0.25, 0.3) is 0 Å². The minimum atomic E-state index is -1.25. The number of para-hydroxylation sites is 1. The van der Waals surface area contributed by atoms with Gasteiger partial charge in [0.25, 0.3) is 0 Å². The molecule has 2 fully saturated rings. The predicted molar refractivity (Wildman–Crippen MR) is 102 cm³/mol. The summed E-state index contributed by atoms with van der Waals surface area (Å²) >= 11 is 0. The fourth-order valence-corrected chi connectivity index (χ4v) is 4.57. The van der Waals surface area contributed by atoms with Gasteiger partial charge in [0.2, 0.25) is 17.4 Å². The summed E-state index contributed by atoms with van der Waals surface area (Å²) in [6.07, 6.45) is 0. The zero-order valence-corrected chi connectivity index (χ0v) is 16.2. The summed E-state index contributed by atoms with van der Waals surface area (Å²) < 4.78 is 18.7. The summed E-state index contributed by atoms with van der Waals surface area (Å²) in [5.41, 5.74) is -0.0952. The molecule has 2 amide bonds. The van der Waals surface area contributed by atoms with Crippen molar-refractivity contribution < 1.29 is 28.8 Å². The molecular weight excluding hydrogens is 375 g/mol. The Morgan fingerprint density at radius 1 is 1.10 bits per heavy atom. The van der Waals surface area contributed by atoms with E-state index in [1.54, 1.807) is 61.6 Å². The third-order valence-electron chi connectivity index (χ3n) is 5.89. The van der Waals surface area contributed by atoms with Gasteiger partial charge in [0.05, 0.1) is 12.3 Å². The number of imide groups is 1. The number of hydrogen-bond acceptors (Lipinski definition) is 4. The van der Waals surface area contributed by atoms with Crippen LogP contribution >= 0.6 is 0 Å². The molecule has 0 aromatic heterocycles. The van der Waals surface area contributed by atoms with Crippen molar-refractivity contribution in [3.8, 4) is 0 Å². The Bertz CT molecular complexity index is 963. The van der Waals surface area contributed by atoms with Crippen LogP contribution in [0.3, 0.4) is 0 Å². The van der Waals surface area contributed by atoms with Gasteiger partial charge in [-0.25, -0.2) is 14.1 Å². The highest BCUT2D eigenvalue weighted by atomic mass is 19.1. The second-order valence-corrected chi connectivity index (χ2v) is 7.60. The van der Waals surface area contributed by atoms with Gasteiger partial charge in [-0.05, 0) is 31.2 Å². The molecule has 2 aliphatic rings. The molecule has 2 heterocycles. The van der Waals surface area contributed by atoms with Crippen molar-refractivity contribution >= 4 is 23.5 Å². The molecule has 150 valence electrons. The zero-order chi connectivity index (χ0) is 20.8. The summed E-state index contributed by atoms with van der Waals surface area (Å²) in [4.78, 5) is 40.7. The van der Waals surface area contributed by atoms with E-state index in [1.165, 1.54) is 12.1 Å². The number of amides is 2. The maximum Gasteiger partial charge on any atom is 0.368 e. The highest BCUT2D eigenvalue weighted by molar-refractivity contribution is 6.23. The Balaban J connectivity index is 1.81. The molecule has 0 spiro atoms. The maximum atomic E-state index is 13.4. The SMILES string of the molecule is CCOC(=O)[C@]1(C)[NH2+][C@@H](c2ccc(F)cc2)[C@H]2C(=O)N(c3ccccc3)C(=O)[C@H]21. The van der Waals surface area contributed by atoms with E-state index in [-0.39, 0.29) is 12.5 Å². The van der Waals surface area contributed by atoms with E-state index in [2.05, 4.69) is 0 Å². The van der Waals surface area contributed by atoms with Crippen molar-refractivity contribution in [2.45, 2.75) is 25.4 Å². The number of anilines is 1. The third-order valence-corrected chi connectivity index (χ3v) is 5.89. The Hall–Kier alpha value is -3.06. The quantitative estimate of drug-likeness (QED) is 0.627. The molecule has 2 aliphatic heterocycles. The first kappa shape index (κ1) is 19.3. The number of ether oxygens (including phenoxy) is 1. The van der Waals surface area contributed by atoms with E-state index >= 15 is 0 Å². The fourth-order valence-electron chi connectivity index (χ4n) is 4.57. The highest BCUT2D eigenvalue weighted by Gasteiger charge is 2.70. The normalized spacial score (nSPS) is 28.5. The van der Waals surface area contributed by atoms with Crippen molar-refractivity contribution in [2.24, 2.45) is 11.8 Å². The monoisotopic (exact) mass is 397 g/mol. The minimum absolute atomic E-state index is 0.172. The van der Waals surface area contributed by atoms with Gasteiger partial charge in [-0.15, -0.1) is 0 Å². The molecule has 4 rings (SSSR count). The molecule has 0 saturated carbocycles. The number of nitrogens with zero attached hydrogens (tertiary/aromatic N) is 1. The fraction of sp³-hybridized carbons (Fsp3) is 0.318. The van der Waals surface area contributed by atoms with Crippen LogP contribution in [0.1, 0.15) is 25.5 Å². The standard InChI is InChI=1S/C22H21FN2O4/c1-3-29-21(28)22(2)17-16(18(24-22)13-9-11-14(23)12-10-13)19(26)25(20(17)27)15-7-5-4-6-8-15/h4-12,16-18,24H,3H2,1-2H3/p+1/t16-,17-,18-,22+/m0/s1. The summed E-state index contributed by atoms with van der Waals surface area (Å²) in [5.74, 6) is -3.31. The Morgan fingerprint density at radius 3 is 2.38 bits per heavy atom. The summed E-state index contributed by atoms with van der Waals surface area (Å²) in [7, 11) is 0. The average Bonchev–Trinajstić information content (AvgIpc) is 3.17. The molecule has 2 aromatic rings. The van der Waals surface area contributed by atoms with Gasteiger partial charge >= 0.3 is 5.97 Å². The second kappa shape index (κ2) is 7.08. The topological polar surface area (TPSA) is 80.3 Å². The van der Waals surface area contributed by atoms with Gasteiger partial charge in [0.1, 0.15) is 23.7 Å². The lowest BCUT2D eigenvalue weighted by Gasteiger charge is -2.26. The average molecular weight is 397 g/mol. The molecular formula is C22H22FN2O4+. The molecule has 2 saturated heterocycles. The van der Waals surface area contributed by atoms with Crippen molar-refractivity contribution in [3.05, 3.63) is 66.0 Å². The van der Waals surface area contributed by atoms with E-state index in [1.807, 2.05) is 0 Å². The summed E-state index contributed by atoms with van der Waals surface area (Å²) in [5, 5.41) is 1.73. The first-order valence-electron chi connectivity index (χ1n) is 9.60. The molecule has 0 radical (unpaired) electrons. The lowest BCUT2D eigenvalue weighted by atomic mass is 9.80. The number of fused-ring (bicyclic) bond motifs is 1. The third kappa shape index (κ3) is 2.93. The second-order valence-electron chi connectivity index (χ2n) is 7.60. The van der Waals surface area contributed by atoms with Gasteiger partial charge in [-0.1, -0.05) is 30.3 Å². The number of carbonyl (C=O) groups is 3. The van der Waals surface area contributed by atoms with E-state index < -0.39 is 41.1 Å². The number of benzene rings is 2. The van der Waals surface area contributed by atoms with E-state index in [0.29, 0.717) is 11.3 Å². The number of carbonyl (C=O) groups excluding carboxylic acids is 3. The lowest BCUT2D eigenvalue weighted by Crippen LogP contribution is -2.97. The molecule has 4 atom stereocenters. The number of nitrogens with two attached hydrogens (primary N) is 1. The molecule has 0 unspecified atom stereocenters. The first-order valence-corrected chi connectivity index (χ1v) is 9.60. The van der Waals surface area contributed by atoms with E-state index in [4.69, 9.17) is 4.74 Å². The summed E-state index contributed by atoms with van der Waals surface area (Å²) in [6.45, 7) is 3.51. The lowest BCUT2D eigenvalue weighted by molar-refractivity contribution is -0.731. The van der Waals surface area contributed by atoms with Crippen molar-refractivity contribution in [2.75, 3.05) is 11.5 Å². The number of hydrogen-bond donors (Lipinski definition) is 1. The van der Waals surface area contributed by atoms with Crippen molar-refractivity contribution in [3.63, 3.8) is 0 Å². The Labute approximate surface area is 167 Å². The van der Waals surface area contributed by atoms with Crippen LogP contribution in [0.5, 0.6) is 0 Å². The van der Waals surface area contributed by atoms with Crippen LogP contribution in [0.15, 0.2) is 54.6 Å². The van der Waals surface area contributed by atoms with Crippen LogP contribution in [0, 0.1) is 17.7 Å². The van der Waals surface area contributed by atoms with Crippen molar-refractivity contribution in [1.29, 1.82) is 0 Å². The number of rotatable bonds is 4. The molecule has 7 heteroatoms. The number of esters is 1. The van der Waals surface area contributed by atoms with Gasteiger partial charge in [-0.2, -0.15) is 0 Å². The first-order chi connectivity index (χ1) is 13.9. The van der Waals surface area contributed by atoms with E-state index in [9.17, 15) is 18.8 Å². The highest BCUT2D eigenvalue weighted by Crippen LogP contribution is 2.45. The Kier molecular flexibility index (Phi) is 4.70. The van der Waals surface area contributed by atoms with Gasteiger partial charge in [-0.3, -0.25) is 9.59 Å². The molecule has 29 heavy (non-hydrogen) atoms. The van der Waals surface area contributed by atoms with Crippen LogP contribution in [-0.4, -0.2) is 29.9 Å². The summed E-state index contributed by atoms with van der Waals surface area (Å²) in [6, 6.07) is 14.0. The molecule has 0 aliphatic carbocycles. The van der Waals surface area contributed by atoms with Crippen LogP contribution in [-0.2, 0) is 19.1 Å². The largest absolute Gasteiger partial charge is 0.461 e. The maximum absolute atomic E-state index is 13.4. The minimum Gasteiger partial charge on any atom is -0.461 e. The van der Waals surface area contributed by atoms with Gasteiger partial charge in [0, 0.05) is 12.5 Å².